The molecule has 2 aliphatic rings. The van der Waals surface area contributed by atoms with Crippen LogP contribution in [0.1, 0.15) is 19.3 Å². The van der Waals surface area contributed by atoms with Crippen molar-refractivity contribution in [3.8, 4) is 17.0 Å². The zero-order chi connectivity index (χ0) is 21.0. The van der Waals surface area contributed by atoms with Crippen molar-refractivity contribution in [1.29, 1.82) is 0 Å². The van der Waals surface area contributed by atoms with Gasteiger partial charge < -0.3 is 19.9 Å². The molecule has 4 atom stereocenters. The monoisotopic (exact) mass is 409 g/mol. The number of rotatable bonds is 3. The van der Waals surface area contributed by atoms with E-state index < -0.39 is 6.17 Å². The number of aryl methyl sites for hydroxylation is 1. The highest BCUT2D eigenvalue weighted by Gasteiger charge is 2.43. The lowest BCUT2D eigenvalue weighted by molar-refractivity contribution is 0.176. The Bertz CT molecular complexity index is 1160. The molecule has 8 heteroatoms. The Morgan fingerprint density at radius 2 is 2.07 bits per heavy atom. The first-order chi connectivity index (χ1) is 14.4. The third-order valence-corrected chi connectivity index (χ3v) is 6.54. The third kappa shape index (κ3) is 3.02. The molecule has 0 spiro atoms. The van der Waals surface area contributed by atoms with Crippen LogP contribution >= 0.6 is 0 Å². The van der Waals surface area contributed by atoms with Gasteiger partial charge in [-0.2, -0.15) is 0 Å². The molecule has 0 saturated carbocycles. The summed E-state index contributed by atoms with van der Waals surface area (Å²) in [6.45, 7) is 0. The summed E-state index contributed by atoms with van der Waals surface area (Å²) in [5.41, 5.74) is 0.753. The number of nitrogens with zero attached hydrogens (tertiary/aromatic N) is 4. The van der Waals surface area contributed by atoms with Gasteiger partial charge in [0.15, 0.2) is 5.82 Å². The number of benzene rings is 1. The first-order valence-corrected chi connectivity index (χ1v) is 10.2. The van der Waals surface area contributed by atoms with Crippen LogP contribution in [-0.2, 0) is 7.05 Å². The van der Waals surface area contributed by atoms with Gasteiger partial charge >= 0.3 is 0 Å². The van der Waals surface area contributed by atoms with E-state index in [0.717, 1.165) is 19.3 Å². The van der Waals surface area contributed by atoms with E-state index in [-0.39, 0.29) is 23.4 Å². The minimum atomic E-state index is -0.948. The van der Waals surface area contributed by atoms with E-state index in [1.807, 2.05) is 11.9 Å². The van der Waals surface area contributed by atoms with Crippen LogP contribution in [0.2, 0.25) is 0 Å². The lowest BCUT2D eigenvalue weighted by Gasteiger charge is -2.38. The number of nitrogens with one attached hydrogen (secondary N) is 1. The van der Waals surface area contributed by atoms with Gasteiger partial charge in [-0.05, 0) is 55.0 Å². The second-order valence-corrected chi connectivity index (χ2v) is 8.37. The van der Waals surface area contributed by atoms with Crippen molar-refractivity contribution in [3.63, 3.8) is 0 Å². The normalized spacial score (nSPS) is 25.6. The van der Waals surface area contributed by atoms with Crippen LogP contribution in [0.5, 0.6) is 5.75 Å². The summed E-state index contributed by atoms with van der Waals surface area (Å²) in [5.74, 6) is 0.619. The van der Waals surface area contributed by atoms with Gasteiger partial charge in [0.05, 0.1) is 11.7 Å². The number of halogens is 1. The lowest BCUT2D eigenvalue weighted by atomic mass is 9.96. The molecule has 156 valence electrons. The number of hydrogen-bond donors (Lipinski definition) is 2. The summed E-state index contributed by atoms with van der Waals surface area (Å²) >= 11 is 0. The molecule has 7 nitrogen and oxygen atoms in total. The third-order valence-electron chi connectivity index (χ3n) is 6.54. The van der Waals surface area contributed by atoms with Crippen LogP contribution in [0.15, 0.2) is 41.3 Å². The molecule has 30 heavy (non-hydrogen) atoms. The van der Waals surface area contributed by atoms with Crippen molar-refractivity contribution >= 4 is 16.6 Å². The molecule has 0 amide bonds. The van der Waals surface area contributed by atoms with Gasteiger partial charge in [-0.15, -0.1) is 10.2 Å². The van der Waals surface area contributed by atoms with Crippen LogP contribution in [0.25, 0.3) is 22.0 Å². The number of pyridine rings is 1. The van der Waals surface area contributed by atoms with E-state index in [1.54, 1.807) is 43.6 Å². The van der Waals surface area contributed by atoms with Gasteiger partial charge in [0.25, 0.3) is 5.56 Å². The number of alkyl halides is 1. The molecule has 2 N–H and O–H groups in total. The molecule has 2 aromatic heterocycles. The number of fused-ring (bicyclic) bond motifs is 3. The number of hydrogen-bond acceptors (Lipinski definition) is 6. The number of phenols is 1. The summed E-state index contributed by atoms with van der Waals surface area (Å²) in [6.07, 6.45) is 3.35. The highest BCUT2D eigenvalue weighted by molar-refractivity contribution is 5.89. The van der Waals surface area contributed by atoms with Crippen molar-refractivity contribution < 1.29 is 9.50 Å². The molecule has 2 fully saturated rings. The molecule has 0 aliphatic carbocycles. The average Bonchev–Trinajstić information content (AvgIpc) is 3.16. The number of piperidine rings is 1. The van der Waals surface area contributed by atoms with Crippen LogP contribution in [0.3, 0.4) is 0 Å². The van der Waals surface area contributed by atoms with Gasteiger partial charge in [0.1, 0.15) is 11.9 Å². The molecular formula is C22H24FN5O2. The standard InChI is InChI=1S/C22H24FN5O2/c1-27-8-7-12-9-19(29)15(11-14(12)22(27)30)16-5-6-20(26-25-16)28(2)18-10-13-3-4-17(24-13)21(18)23/h5-9,11,13,17-18,21,24,29H,3-4,10H2,1-2H3/t13-,17+,18-,21+/m0/s1. The molecule has 0 radical (unpaired) electrons. The van der Waals surface area contributed by atoms with E-state index in [9.17, 15) is 14.3 Å². The Hall–Kier alpha value is -3.00. The molecule has 1 aromatic carbocycles. The zero-order valence-corrected chi connectivity index (χ0v) is 16.9. The fourth-order valence-electron chi connectivity index (χ4n) is 4.76. The Morgan fingerprint density at radius 1 is 1.23 bits per heavy atom. The number of anilines is 1. The van der Waals surface area contributed by atoms with E-state index in [4.69, 9.17) is 0 Å². The zero-order valence-electron chi connectivity index (χ0n) is 16.9. The van der Waals surface area contributed by atoms with E-state index in [1.165, 1.54) is 4.57 Å². The highest BCUT2D eigenvalue weighted by atomic mass is 19.1. The maximum Gasteiger partial charge on any atom is 0.258 e. The fourth-order valence-corrected chi connectivity index (χ4v) is 4.76. The number of aromatic nitrogens is 3. The Morgan fingerprint density at radius 3 is 2.83 bits per heavy atom. The van der Waals surface area contributed by atoms with Gasteiger partial charge in [-0.3, -0.25) is 4.79 Å². The minimum Gasteiger partial charge on any atom is -0.507 e. The largest absolute Gasteiger partial charge is 0.507 e. The highest BCUT2D eigenvalue weighted by Crippen LogP contribution is 2.34. The molecule has 0 unspecified atom stereocenters. The van der Waals surface area contributed by atoms with E-state index in [2.05, 4.69) is 15.5 Å². The second-order valence-electron chi connectivity index (χ2n) is 8.37. The Balaban J connectivity index is 1.46. The predicted octanol–water partition coefficient (Wildman–Crippen LogP) is 2.37. The van der Waals surface area contributed by atoms with Crippen LogP contribution in [0, 0.1) is 0 Å². The van der Waals surface area contributed by atoms with Crippen LogP contribution in [-0.4, -0.2) is 51.2 Å². The maximum atomic E-state index is 14.9. The van der Waals surface area contributed by atoms with Gasteiger partial charge in [0.2, 0.25) is 0 Å². The Kier molecular flexibility index (Phi) is 4.47. The van der Waals surface area contributed by atoms with Crippen molar-refractivity contribution in [3.05, 3.63) is 46.9 Å². The van der Waals surface area contributed by atoms with Gasteiger partial charge in [0, 0.05) is 43.3 Å². The molecule has 2 aliphatic heterocycles. The van der Waals surface area contributed by atoms with E-state index in [0.29, 0.717) is 33.9 Å². The van der Waals surface area contributed by atoms with Crippen molar-refractivity contribution in [2.45, 2.75) is 43.6 Å². The lowest BCUT2D eigenvalue weighted by Crippen LogP contribution is -2.55. The van der Waals surface area contributed by atoms with Crippen molar-refractivity contribution in [2.75, 3.05) is 11.9 Å². The number of phenolic OH excluding ortho intramolecular Hbond substituents is 1. The molecule has 3 aromatic rings. The molecule has 2 bridgehead atoms. The second kappa shape index (κ2) is 7.05. The molecular weight excluding hydrogens is 385 g/mol. The van der Waals surface area contributed by atoms with Crippen molar-refractivity contribution in [2.24, 2.45) is 7.05 Å². The summed E-state index contributed by atoms with van der Waals surface area (Å²) < 4.78 is 16.4. The van der Waals surface area contributed by atoms with Gasteiger partial charge in [-0.25, -0.2) is 4.39 Å². The van der Waals surface area contributed by atoms with Crippen LogP contribution < -0.4 is 15.8 Å². The quantitative estimate of drug-likeness (QED) is 0.691. The molecule has 2 saturated heterocycles. The summed E-state index contributed by atoms with van der Waals surface area (Å²) in [6, 6.07) is 8.56. The first-order valence-electron chi connectivity index (χ1n) is 10.2. The maximum absolute atomic E-state index is 14.9. The summed E-state index contributed by atoms with van der Waals surface area (Å²) in [4.78, 5) is 14.3. The first kappa shape index (κ1) is 19.0. The fraction of sp³-hybridized carbons (Fsp3) is 0.409. The minimum absolute atomic E-state index is 0.0323. The van der Waals surface area contributed by atoms with Crippen LogP contribution in [0.4, 0.5) is 10.2 Å². The molecule has 4 heterocycles. The smallest absolute Gasteiger partial charge is 0.258 e. The summed E-state index contributed by atoms with van der Waals surface area (Å²) in [5, 5.41) is 23.5. The van der Waals surface area contributed by atoms with E-state index >= 15 is 0 Å². The SMILES string of the molecule is CN(c1ccc(-c2cc3c(=O)n(C)ccc3cc2O)nn1)[C@H]1C[C@@H]2CC[C@@H](N2)[C@H]1F. The Labute approximate surface area is 173 Å². The molecule has 5 rings (SSSR count). The number of aromatic hydroxyl groups is 1. The average molecular weight is 409 g/mol. The van der Waals surface area contributed by atoms with Gasteiger partial charge in [-0.1, -0.05) is 0 Å². The van der Waals surface area contributed by atoms with Crippen molar-refractivity contribution in [1.82, 2.24) is 20.1 Å². The topological polar surface area (TPSA) is 83.3 Å². The summed E-state index contributed by atoms with van der Waals surface area (Å²) in [7, 11) is 3.53. The predicted molar refractivity (Wildman–Crippen MR) is 114 cm³/mol.